The normalized spacial score (nSPS) is 12.8. The lowest BCUT2D eigenvalue weighted by Gasteiger charge is -2.19. The second-order valence-electron chi connectivity index (χ2n) is 5.25. The topological polar surface area (TPSA) is 35.2 Å². The van der Waals surface area contributed by atoms with Gasteiger partial charge >= 0.3 is 0 Å². The molecule has 0 heterocycles. The molecule has 1 rings (SSSR count). The minimum Gasteiger partial charge on any atom is -0.496 e. The van der Waals surface area contributed by atoms with Crippen LogP contribution in [0.2, 0.25) is 0 Å². The van der Waals surface area contributed by atoms with E-state index in [0.29, 0.717) is 11.8 Å². The first-order chi connectivity index (χ1) is 8.06. The number of aryl methyl sites for hydroxylation is 1. The number of rotatable bonds is 6. The van der Waals surface area contributed by atoms with E-state index in [0.717, 1.165) is 18.7 Å². The molecule has 0 saturated heterocycles. The van der Waals surface area contributed by atoms with Crippen LogP contribution in [0.3, 0.4) is 0 Å². The van der Waals surface area contributed by atoms with Gasteiger partial charge in [0.15, 0.2) is 0 Å². The average Bonchev–Trinajstić information content (AvgIpc) is 2.28. The van der Waals surface area contributed by atoms with Crippen molar-refractivity contribution < 1.29 is 4.74 Å². The van der Waals surface area contributed by atoms with Crippen LogP contribution in [0.25, 0.3) is 0 Å². The maximum absolute atomic E-state index is 5.86. The second-order valence-corrected chi connectivity index (χ2v) is 5.25. The monoisotopic (exact) mass is 235 g/mol. The molecule has 2 heteroatoms. The maximum atomic E-state index is 5.86. The lowest BCUT2D eigenvalue weighted by molar-refractivity contribution is 0.387. The van der Waals surface area contributed by atoms with Crippen molar-refractivity contribution in [2.45, 2.75) is 33.6 Å². The van der Waals surface area contributed by atoms with Gasteiger partial charge in [-0.05, 0) is 49.8 Å². The quantitative estimate of drug-likeness (QED) is 0.822. The molecule has 0 aliphatic rings. The fourth-order valence-corrected chi connectivity index (χ4v) is 2.31. The predicted molar refractivity (Wildman–Crippen MR) is 73.4 cm³/mol. The number of benzene rings is 1. The van der Waals surface area contributed by atoms with Gasteiger partial charge < -0.3 is 10.5 Å². The minimum atomic E-state index is 0.547. The summed E-state index contributed by atoms with van der Waals surface area (Å²) in [4.78, 5) is 0. The molecule has 2 nitrogen and oxygen atoms in total. The van der Waals surface area contributed by atoms with Gasteiger partial charge in [-0.3, -0.25) is 0 Å². The highest BCUT2D eigenvalue weighted by atomic mass is 16.5. The van der Waals surface area contributed by atoms with Crippen molar-refractivity contribution >= 4 is 0 Å². The summed E-state index contributed by atoms with van der Waals surface area (Å²) < 4.78 is 5.41. The third kappa shape index (κ3) is 4.39. The van der Waals surface area contributed by atoms with E-state index in [1.54, 1.807) is 7.11 Å². The Morgan fingerprint density at radius 1 is 1.29 bits per heavy atom. The van der Waals surface area contributed by atoms with E-state index >= 15 is 0 Å². The summed E-state index contributed by atoms with van der Waals surface area (Å²) in [5, 5.41) is 0. The molecule has 0 bridgehead atoms. The standard InChI is InChI=1S/C15H25NO/c1-11(2)7-13(10-16)9-14-8-12(3)5-6-15(14)17-4/h5-6,8,11,13H,7,9-10,16H2,1-4H3. The van der Waals surface area contributed by atoms with Crippen LogP contribution in [-0.4, -0.2) is 13.7 Å². The van der Waals surface area contributed by atoms with Gasteiger partial charge in [0.05, 0.1) is 7.11 Å². The molecule has 0 saturated carbocycles. The third-order valence-electron chi connectivity index (χ3n) is 3.08. The van der Waals surface area contributed by atoms with Crippen molar-refractivity contribution in [3.63, 3.8) is 0 Å². The summed E-state index contributed by atoms with van der Waals surface area (Å²) in [5.74, 6) is 2.22. The summed E-state index contributed by atoms with van der Waals surface area (Å²) in [7, 11) is 1.73. The van der Waals surface area contributed by atoms with Crippen LogP contribution >= 0.6 is 0 Å². The fourth-order valence-electron chi connectivity index (χ4n) is 2.31. The smallest absolute Gasteiger partial charge is 0.122 e. The van der Waals surface area contributed by atoms with Gasteiger partial charge in [-0.25, -0.2) is 0 Å². The van der Waals surface area contributed by atoms with Crippen LogP contribution in [0.15, 0.2) is 18.2 Å². The molecule has 0 aliphatic carbocycles. The summed E-state index contributed by atoms with van der Waals surface area (Å²) in [6, 6.07) is 6.34. The van der Waals surface area contributed by atoms with Crippen molar-refractivity contribution in [2.24, 2.45) is 17.6 Å². The first-order valence-electron chi connectivity index (χ1n) is 6.40. The molecule has 17 heavy (non-hydrogen) atoms. The van der Waals surface area contributed by atoms with E-state index in [4.69, 9.17) is 10.5 Å². The molecule has 96 valence electrons. The largest absolute Gasteiger partial charge is 0.496 e. The lowest BCUT2D eigenvalue weighted by Crippen LogP contribution is -2.19. The Morgan fingerprint density at radius 2 is 2.00 bits per heavy atom. The highest BCUT2D eigenvalue weighted by molar-refractivity contribution is 5.37. The molecule has 0 fully saturated rings. The Labute approximate surface area is 105 Å². The summed E-state index contributed by atoms with van der Waals surface area (Å²) in [6.45, 7) is 7.35. The molecular formula is C15H25NO. The van der Waals surface area contributed by atoms with E-state index in [-0.39, 0.29) is 0 Å². The predicted octanol–water partition coefficient (Wildman–Crippen LogP) is 3.17. The number of methoxy groups -OCH3 is 1. The summed E-state index contributed by atoms with van der Waals surface area (Å²) >= 11 is 0. The lowest BCUT2D eigenvalue weighted by atomic mass is 9.90. The molecule has 0 radical (unpaired) electrons. The first kappa shape index (κ1) is 14.0. The third-order valence-corrected chi connectivity index (χ3v) is 3.08. The summed E-state index contributed by atoms with van der Waals surface area (Å²) in [5.41, 5.74) is 8.42. The highest BCUT2D eigenvalue weighted by Gasteiger charge is 2.13. The van der Waals surface area contributed by atoms with E-state index in [1.807, 2.05) is 6.07 Å². The zero-order valence-corrected chi connectivity index (χ0v) is 11.5. The molecule has 2 N–H and O–H groups in total. The Morgan fingerprint density at radius 3 is 2.53 bits per heavy atom. The van der Waals surface area contributed by atoms with Crippen LogP contribution in [-0.2, 0) is 6.42 Å². The Kier molecular flexibility index (Phi) is 5.49. The van der Waals surface area contributed by atoms with Crippen LogP contribution in [0, 0.1) is 18.8 Å². The van der Waals surface area contributed by atoms with Gasteiger partial charge in [0, 0.05) is 0 Å². The molecular weight excluding hydrogens is 210 g/mol. The zero-order chi connectivity index (χ0) is 12.8. The second kappa shape index (κ2) is 6.65. The maximum Gasteiger partial charge on any atom is 0.122 e. The number of ether oxygens (including phenoxy) is 1. The molecule has 0 aliphatic heterocycles. The van der Waals surface area contributed by atoms with E-state index in [1.165, 1.54) is 17.5 Å². The van der Waals surface area contributed by atoms with Gasteiger partial charge in [-0.1, -0.05) is 31.5 Å². The van der Waals surface area contributed by atoms with Gasteiger partial charge in [-0.15, -0.1) is 0 Å². The first-order valence-corrected chi connectivity index (χ1v) is 6.40. The van der Waals surface area contributed by atoms with Crippen molar-refractivity contribution in [3.8, 4) is 5.75 Å². The van der Waals surface area contributed by atoms with Crippen molar-refractivity contribution in [2.75, 3.05) is 13.7 Å². The Balaban J connectivity index is 2.80. The van der Waals surface area contributed by atoms with Crippen LogP contribution in [0.1, 0.15) is 31.4 Å². The highest BCUT2D eigenvalue weighted by Crippen LogP contribution is 2.25. The van der Waals surface area contributed by atoms with Crippen LogP contribution < -0.4 is 10.5 Å². The Bertz CT molecular complexity index is 347. The number of hydrogen-bond acceptors (Lipinski definition) is 2. The van der Waals surface area contributed by atoms with Crippen molar-refractivity contribution in [3.05, 3.63) is 29.3 Å². The number of hydrogen-bond donors (Lipinski definition) is 1. The van der Waals surface area contributed by atoms with Crippen molar-refractivity contribution in [1.29, 1.82) is 0 Å². The van der Waals surface area contributed by atoms with Gasteiger partial charge in [0.2, 0.25) is 0 Å². The SMILES string of the molecule is COc1ccc(C)cc1CC(CN)CC(C)C. The van der Waals surface area contributed by atoms with Crippen molar-refractivity contribution in [1.82, 2.24) is 0 Å². The van der Waals surface area contributed by atoms with Crippen LogP contribution in [0.5, 0.6) is 5.75 Å². The minimum absolute atomic E-state index is 0.547. The Hall–Kier alpha value is -1.02. The molecule has 1 unspecified atom stereocenters. The molecule has 0 amide bonds. The van der Waals surface area contributed by atoms with E-state index < -0.39 is 0 Å². The molecule has 1 aromatic rings. The number of nitrogens with two attached hydrogens (primary N) is 1. The molecule has 1 atom stereocenters. The zero-order valence-electron chi connectivity index (χ0n) is 11.5. The fraction of sp³-hybridized carbons (Fsp3) is 0.600. The summed E-state index contributed by atoms with van der Waals surface area (Å²) in [6.07, 6.45) is 2.19. The molecule has 1 aromatic carbocycles. The van der Waals surface area contributed by atoms with Crippen LogP contribution in [0.4, 0.5) is 0 Å². The van der Waals surface area contributed by atoms with E-state index in [9.17, 15) is 0 Å². The molecule has 0 aromatic heterocycles. The van der Waals surface area contributed by atoms with E-state index in [2.05, 4.69) is 32.9 Å². The molecule has 0 spiro atoms. The van der Waals surface area contributed by atoms with Gasteiger partial charge in [0.25, 0.3) is 0 Å². The average molecular weight is 235 g/mol. The van der Waals surface area contributed by atoms with Gasteiger partial charge in [0.1, 0.15) is 5.75 Å². The van der Waals surface area contributed by atoms with Gasteiger partial charge in [-0.2, -0.15) is 0 Å².